The largest absolute Gasteiger partial charge is 0.383 e. The molecule has 26 heavy (non-hydrogen) atoms. The number of hydrogen-bond acceptors (Lipinski definition) is 5. The van der Waals surface area contributed by atoms with Gasteiger partial charge in [-0.1, -0.05) is 23.7 Å². The van der Waals surface area contributed by atoms with Gasteiger partial charge in [-0.05, 0) is 42.7 Å². The van der Waals surface area contributed by atoms with E-state index >= 15 is 0 Å². The Labute approximate surface area is 157 Å². The number of nitrogens with one attached hydrogen (secondary N) is 2. The zero-order valence-corrected chi connectivity index (χ0v) is 15.7. The summed E-state index contributed by atoms with van der Waals surface area (Å²) in [4.78, 5) is 16.3. The molecule has 0 spiro atoms. The number of sulfone groups is 1. The second kappa shape index (κ2) is 8.05. The van der Waals surface area contributed by atoms with E-state index in [0.717, 1.165) is 23.7 Å². The highest BCUT2D eigenvalue weighted by atomic mass is 35.5. The van der Waals surface area contributed by atoms with Crippen molar-refractivity contribution >= 4 is 33.0 Å². The summed E-state index contributed by atoms with van der Waals surface area (Å²) >= 11 is 5.86. The minimum atomic E-state index is -3.02. The third kappa shape index (κ3) is 5.19. The van der Waals surface area contributed by atoms with Crippen molar-refractivity contribution in [1.29, 1.82) is 0 Å². The van der Waals surface area contributed by atoms with E-state index in [1.165, 1.54) is 5.56 Å². The SMILES string of the molecule is O=C(NC1CCS(=O)(=O)C1)c1ccc(NCCc2ccc(Cl)cc2)cn1. The van der Waals surface area contributed by atoms with E-state index in [9.17, 15) is 13.2 Å². The monoisotopic (exact) mass is 393 g/mol. The molecule has 1 saturated heterocycles. The first kappa shape index (κ1) is 18.7. The number of carbonyl (C=O) groups excluding carboxylic acids is 1. The van der Waals surface area contributed by atoms with E-state index in [1.807, 2.05) is 24.3 Å². The molecule has 1 fully saturated rings. The fraction of sp³-hybridized carbons (Fsp3) is 0.333. The maximum atomic E-state index is 12.1. The van der Waals surface area contributed by atoms with Gasteiger partial charge in [0.2, 0.25) is 0 Å². The Kier molecular flexibility index (Phi) is 5.78. The predicted molar refractivity (Wildman–Crippen MR) is 102 cm³/mol. The molecule has 1 aliphatic rings. The topological polar surface area (TPSA) is 88.2 Å². The van der Waals surface area contributed by atoms with Crippen LogP contribution >= 0.6 is 11.6 Å². The van der Waals surface area contributed by atoms with Crippen LogP contribution in [0.4, 0.5) is 5.69 Å². The molecule has 1 atom stereocenters. The molecule has 0 bridgehead atoms. The first-order valence-corrected chi connectivity index (χ1v) is 10.6. The number of rotatable bonds is 6. The molecule has 1 aromatic heterocycles. The van der Waals surface area contributed by atoms with Crippen molar-refractivity contribution in [3.05, 3.63) is 58.9 Å². The van der Waals surface area contributed by atoms with Gasteiger partial charge in [0, 0.05) is 17.6 Å². The van der Waals surface area contributed by atoms with Gasteiger partial charge in [0.05, 0.1) is 23.4 Å². The number of pyridine rings is 1. The fourth-order valence-electron chi connectivity index (χ4n) is 2.80. The average molecular weight is 394 g/mol. The van der Waals surface area contributed by atoms with Crippen LogP contribution < -0.4 is 10.6 Å². The van der Waals surface area contributed by atoms with Crippen LogP contribution in [0, 0.1) is 0 Å². The zero-order valence-electron chi connectivity index (χ0n) is 14.1. The first-order valence-electron chi connectivity index (χ1n) is 8.37. The Morgan fingerprint density at radius 1 is 1.19 bits per heavy atom. The van der Waals surface area contributed by atoms with Crippen LogP contribution in [0.5, 0.6) is 0 Å². The molecule has 138 valence electrons. The van der Waals surface area contributed by atoms with E-state index < -0.39 is 9.84 Å². The smallest absolute Gasteiger partial charge is 0.270 e. The third-order valence-corrected chi connectivity index (χ3v) is 6.24. The van der Waals surface area contributed by atoms with Crippen molar-refractivity contribution < 1.29 is 13.2 Å². The van der Waals surface area contributed by atoms with Crippen LogP contribution in [0.15, 0.2) is 42.6 Å². The lowest BCUT2D eigenvalue weighted by atomic mass is 10.1. The molecule has 2 N–H and O–H groups in total. The Hall–Kier alpha value is -2.12. The van der Waals surface area contributed by atoms with Gasteiger partial charge in [-0.25, -0.2) is 13.4 Å². The number of halogens is 1. The van der Waals surface area contributed by atoms with E-state index in [-0.39, 0.29) is 29.1 Å². The summed E-state index contributed by atoms with van der Waals surface area (Å²) in [5, 5.41) is 6.70. The number of benzene rings is 1. The average Bonchev–Trinajstić information content (AvgIpc) is 2.96. The minimum Gasteiger partial charge on any atom is -0.383 e. The maximum absolute atomic E-state index is 12.1. The van der Waals surface area contributed by atoms with Crippen LogP contribution in [0.1, 0.15) is 22.5 Å². The van der Waals surface area contributed by atoms with Crippen molar-refractivity contribution in [2.45, 2.75) is 18.9 Å². The Morgan fingerprint density at radius 2 is 1.96 bits per heavy atom. The van der Waals surface area contributed by atoms with E-state index in [2.05, 4.69) is 15.6 Å². The zero-order chi connectivity index (χ0) is 18.6. The highest BCUT2D eigenvalue weighted by molar-refractivity contribution is 7.91. The van der Waals surface area contributed by atoms with Gasteiger partial charge >= 0.3 is 0 Å². The van der Waals surface area contributed by atoms with E-state index in [0.29, 0.717) is 6.42 Å². The van der Waals surface area contributed by atoms with Gasteiger partial charge in [0.15, 0.2) is 9.84 Å². The Bertz CT molecular complexity index is 868. The normalized spacial score (nSPS) is 18.4. The van der Waals surface area contributed by atoms with Crippen LogP contribution in [0.25, 0.3) is 0 Å². The number of aromatic nitrogens is 1. The van der Waals surface area contributed by atoms with Crippen molar-refractivity contribution in [2.24, 2.45) is 0 Å². The number of amides is 1. The van der Waals surface area contributed by atoms with Crippen LogP contribution in [-0.2, 0) is 16.3 Å². The number of anilines is 1. The van der Waals surface area contributed by atoms with Crippen molar-refractivity contribution in [1.82, 2.24) is 10.3 Å². The van der Waals surface area contributed by atoms with Crippen LogP contribution in [-0.4, -0.2) is 43.4 Å². The fourth-order valence-corrected chi connectivity index (χ4v) is 4.60. The molecular weight excluding hydrogens is 374 g/mol. The summed E-state index contributed by atoms with van der Waals surface area (Å²) in [5.41, 5.74) is 2.27. The Balaban J connectivity index is 1.48. The highest BCUT2D eigenvalue weighted by Gasteiger charge is 2.29. The van der Waals surface area contributed by atoms with Gasteiger partial charge in [0.25, 0.3) is 5.91 Å². The molecular formula is C18H20ClN3O3S. The highest BCUT2D eigenvalue weighted by Crippen LogP contribution is 2.13. The summed E-state index contributed by atoms with van der Waals surface area (Å²) in [6.07, 6.45) is 2.90. The molecule has 8 heteroatoms. The van der Waals surface area contributed by atoms with E-state index in [1.54, 1.807) is 18.3 Å². The summed E-state index contributed by atoms with van der Waals surface area (Å²) in [7, 11) is -3.02. The Morgan fingerprint density at radius 3 is 2.58 bits per heavy atom. The van der Waals surface area contributed by atoms with Crippen molar-refractivity contribution in [3.8, 4) is 0 Å². The molecule has 0 aliphatic carbocycles. The van der Waals surface area contributed by atoms with E-state index in [4.69, 9.17) is 11.6 Å². The molecule has 1 aliphatic heterocycles. The van der Waals surface area contributed by atoms with Crippen molar-refractivity contribution in [2.75, 3.05) is 23.4 Å². The lowest BCUT2D eigenvalue weighted by molar-refractivity contribution is 0.0936. The second-order valence-corrected chi connectivity index (χ2v) is 8.97. The van der Waals surface area contributed by atoms with Gasteiger partial charge < -0.3 is 10.6 Å². The molecule has 1 unspecified atom stereocenters. The summed E-state index contributed by atoms with van der Waals surface area (Å²) in [6.45, 7) is 0.731. The second-order valence-electron chi connectivity index (χ2n) is 6.31. The molecule has 2 aromatic rings. The molecule has 6 nitrogen and oxygen atoms in total. The molecule has 3 rings (SSSR count). The van der Waals surface area contributed by atoms with Crippen LogP contribution in [0.2, 0.25) is 5.02 Å². The van der Waals surface area contributed by atoms with Crippen molar-refractivity contribution in [3.63, 3.8) is 0 Å². The predicted octanol–water partition coefficient (Wildman–Crippen LogP) is 2.31. The third-order valence-electron chi connectivity index (χ3n) is 4.22. The number of nitrogens with zero attached hydrogens (tertiary/aromatic N) is 1. The first-order chi connectivity index (χ1) is 12.4. The lowest BCUT2D eigenvalue weighted by Crippen LogP contribution is -2.36. The maximum Gasteiger partial charge on any atom is 0.270 e. The molecule has 0 saturated carbocycles. The number of hydrogen-bond donors (Lipinski definition) is 2. The van der Waals surface area contributed by atoms with Gasteiger partial charge in [-0.15, -0.1) is 0 Å². The summed E-state index contributed by atoms with van der Waals surface area (Å²) < 4.78 is 22.9. The number of carbonyl (C=O) groups is 1. The quantitative estimate of drug-likeness (QED) is 0.786. The molecule has 1 amide bonds. The van der Waals surface area contributed by atoms with Gasteiger partial charge in [-0.3, -0.25) is 4.79 Å². The lowest BCUT2D eigenvalue weighted by Gasteiger charge is -2.11. The molecule has 2 heterocycles. The summed E-state index contributed by atoms with van der Waals surface area (Å²) in [5.74, 6) is -0.218. The molecule has 1 aromatic carbocycles. The van der Waals surface area contributed by atoms with Gasteiger partial charge in [-0.2, -0.15) is 0 Å². The molecule has 0 radical (unpaired) electrons. The summed E-state index contributed by atoms with van der Waals surface area (Å²) in [6, 6.07) is 10.8. The van der Waals surface area contributed by atoms with Gasteiger partial charge in [0.1, 0.15) is 5.69 Å². The minimum absolute atomic E-state index is 0.00305. The standard InChI is InChI=1S/C18H20ClN3O3S/c19-14-3-1-13(2-4-14)7-9-20-15-5-6-17(21-11-15)18(23)22-16-8-10-26(24,25)12-16/h1-6,11,16,20H,7-10,12H2,(H,22,23). The van der Waals surface area contributed by atoms with Crippen LogP contribution in [0.3, 0.4) is 0 Å².